The van der Waals surface area contributed by atoms with Gasteiger partial charge in [-0.3, -0.25) is 0 Å². The molecule has 1 aromatic heterocycles. The van der Waals surface area contributed by atoms with Crippen LogP contribution in [0.4, 0.5) is 15.6 Å². The third-order valence-electron chi connectivity index (χ3n) is 5.34. The number of carbonyl (C=O) groups excluding carboxylic acids is 1. The van der Waals surface area contributed by atoms with Crippen molar-refractivity contribution in [2.45, 2.75) is 0 Å². The van der Waals surface area contributed by atoms with Crippen molar-refractivity contribution in [3.8, 4) is 23.0 Å². The molecule has 0 spiro atoms. The highest BCUT2D eigenvalue weighted by atomic mass is 32.1. The molecule has 3 aromatic rings. The van der Waals surface area contributed by atoms with Gasteiger partial charge in [0.2, 0.25) is 5.75 Å². The molecule has 10 heteroatoms. The maximum atomic E-state index is 12.8. The number of hydrogen-bond donors (Lipinski definition) is 1. The van der Waals surface area contributed by atoms with Crippen LogP contribution >= 0.6 is 11.3 Å². The van der Waals surface area contributed by atoms with Gasteiger partial charge in [0.1, 0.15) is 5.75 Å². The molecule has 1 saturated heterocycles. The molecule has 2 amide bonds. The monoisotopic (exact) mass is 458 g/mol. The number of nitrogens with one attached hydrogen (secondary N) is 1. The molecule has 1 fully saturated rings. The van der Waals surface area contributed by atoms with Crippen LogP contribution in [-0.4, -0.2) is 70.5 Å². The molecule has 2 aromatic carbocycles. The molecule has 9 nitrogen and oxygen atoms in total. The average molecular weight is 459 g/mol. The van der Waals surface area contributed by atoms with E-state index in [-0.39, 0.29) is 6.03 Å². The standard InChI is InChI=1S/C22H26N4O5S/c1-28-15-5-6-16-19(13-15)32-22(24-16)26-9-7-25(8-10-26)21(27)23-14-11-17(29-2)20(31-4)18(12-14)30-3/h5-6,11-13H,7-10H2,1-4H3,(H,23,27). The van der Waals surface area contributed by atoms with Crippen molar-refractivity contribution >= 4 is 38.4 Å². The number of aromatic nitrogens is 1. The Bertz CT molecular complexity index is 1090. The Morgan fingerprint density at radius 2 is 1.62 bits per heavy atom. The van der Waals surface area contributed by atoms with Crippen LogP contribution in [0.5, 0.6) is 23.0 Å². The lowest BCUT2D eigenvalue weighted by atomic mass is 10.2. The SMILES string of the molecule is COc1ccc2nc(N3CCN(C(=O)Nc4cc(OC)c(OC)c(OC)c4)CC3)sc2c1. The summed E-state index contributed by atoms with van der Waals surface area (Å²) in [5.41, 5.74) is 1.53. The predicted octanol–water partition coefficient (Wildman–Crippen LogP) is 3.68. The van der Waals surface area contributed by atoms with Crippen molar-refractivity contribution in [1.82, 2.24) is 9.88 Å². The summed E-state index contributed by atoms with van der Waals surface area (Å²) < 4.78 is 22.4. The van der Waals surface area contributed by atoms with Gasteiger partial charge in [-0.1, -0.05) is 11.3 Å². The second-order valence-corrected chi connectivity index (χ2v) is 8.16. The van der Waals surface area contributed by atoms with Crippen molar-refractivity contribution in [1.29, 1.82) is 0 Å². The number of piperazine rings is 1. The van der Waals surface area contributed by atoms with E-state index in [0.29, 0.717) is 49.1 Å². The maximum Gasteiger partial charge on any atom is 0.321 e. The normalized spacial score (nSPS) is 13.8. The summed E-state index contributed by atoms with van der Waals surface area (Å²) in [5.74, 6) is 2.27. The molecule has 4 rings (SSSR count). The van der Waals surface area contributed by atoms with Crippen molar-refractivity contribution < 1.29 is 23.7 Å². The van der Waals surface area contributed by atoms with Gasteiger partial charge in [-0.05, 0) is 18.2 Å². The summed E-state index contributed by atoms with van der Waals surface area (Å²) in [6.07, 6.45) is 0. The minimum absolute atomic E-state index is 0.173. The lowest BCUT2D eigenvalue weighted by Crippen LogP contribution is -2.50. The maximum absolute atomic E-state index is 12.8. The largest absolute Gasteiger partial charge is 0.497 e. The molecule has 2 heterocycles. The summed E-state index contributed by atoms with van der Waals surface area (Å²) in [6.45, 7) is 2.60. The molecule has 32 heavy (non-hydrogen) atoms. The van der Waals surface area contributed by atoms with Gasteiger partial charge in [-0.15, -0.1) is 0 Å². The summed E-state index contributed by atoms with van der Waals surface area (Å²) in [5, 5.41) is 3.88. The lowest BCUT2D eigenvalue weighted by Gasteiger charge is -2.34. The first-order valence-electron chi connectivity index (χ1n) is 10.1. The number of benzene rings is 2. The minimum atomic E-state index is -0.173. The molecule has 170 valence electrons. The smallest absolute Gasteiger partial charge is 0.321 e. The first-order valence-corrected chi connectivity index (χ1v) is 10.9. The number of carbonyl (C=O) groups is 1. The van der Waals surface area contributed by atoms with Gasteiger partial charge in [-0.2, -0.15) is 0 Å². The molecule has 0 atom stereocenters. The van der Waals surface area contributed by atoms with Gasteiger partial charge >= 0.3 is 6.03 Å². The van der Waals surface area contributed by atoms with Crippen molar-refractivity contribution in [3.05, 3.63) is 30.3 Å². The summed E-state index contributed by atoms with van der Waals surface area (Å²) in [4.78, 5) is 21.6. The van der Waals surface area contributed by atoms with Crippen molar-refractivity contribution in [2.24, 2.45) is 0 Å². The van der Waals surface area contributed by atoms with Gasteiger partial charge in [0, 0.05) is 38.3 Å². The molecule has 0 radical (unpaired) electrons. The second-order valence-electron chi connectivity index (χ2n) is 7.15. The Morgan fingerprint density at radius 1 is 0.938 bits per heavy atom. The number of rotatable bonds is 6. The zero-order valence-corrected chi connectivity index (χ0v) is 19.3. The fourth-order valence-corrected chi connectivity index (χ4v) is 4.66. The number of ether oxygens (including phenoxy) is 4. The van der Waals surface area contributed by atoms with E-state index in [0.717, 1.165) is 21.1 Å². The van der Waals surface area contributed by atoms with E-state index in [9.17, 15) is 4.79 Å². The second kappa shape index (κ2) is 9.39. The van der Waals surface area contributed by atoms with E-state index >= 15 is 0 Å². The first kappa shape index (κ1) is 21.8. The zero-order valence-electron chi connectivity index (χ0n) is 18.5. The fraction of sp³-hybridized carbons (Fsp3) is 0.364. The van der Waals surface area contributed by atoms with Gasteiger partial charge in [-0.25, -0.2) is 9.78 Å². The predicted molar refractivity (Wildman–Crippen MR) is 125 cm³/mol. The van der Waals surface area contributed by atoms with Gasteiger partial charge in [0.15, 0.2) is 16.6 Å². The van der Waals surface area contributed by atoms with Crippen LogP contribution in [-0.2, 0) is 0 Å². The molecular weight excluding hydrogens is 432 g/mol. The zero-order chi connectivity index (χ0) is 22.7. The Labute approximate surface area is 190 Å². The molecule has 0 bridgehead atoms. The lowest BCUT2D eigenvalue weighted by molar-refractivity contribution is 0.208. The summed E-state index contributed by atoms with van der Waals surface area (Å²) in [7, 11) is 6.28. The number of methoxy groups -OCH3 is 4. The highest BCUT2D eigenvalue weighted by Crippen LogP contribution is 2.40. The van der Waals surface area contributed by atoms with E-state index in [1.807, 2.05) is 18.2 Å². The molecule has 1 aliphatic heterocycles. The van der Waals surface area contributed by atoms with Gasteiger partial charge in [0.25, 0.3) is 0 Å². The first-order chi connectivity index (χ1) is 15.6. The number of amides is 2. The number of hydrogen-bond acceptors (Lipinski definition) is 8. The summed E-state index contributed by atoms with van der Waals surface area (Å²) in [6, 6.07) is 9.13. The highest BCUT2D eigenvalue weighted by Gasteiger charge is 2.24. The van der Waals surface area contributed by atoms with Crippen LogP contribution in [0.3, 0.4) is 0 Å². The molecular formula is C22H26N4O5S. The Morgan fingerprint density at radius 3 is 2.22 bits per heavy atom. The number of urea groups is 1. The number of anilines is 2. The quantitative estimate of drug-likeness (QED) is 0.603. The van der Waals surface area contributed by atoms with Crippen LogP contribution < -0.4 is 29.2 Å². The third kappa shape index (κ3) is 4.31. The van der Waals surface area contributed by atoms with Crippen LogP contribution in [0.15, 0.2) is 30.3 Å². The third-order valence-corrected chi connectivity index (χ3v) is 6.42. The molecule has 0 unspecified atom stereocenters. The highest BCUT2D eigenvalue weighted by molar-refractivity contribution is 7.22. The van der Waals surface area contributed by atoms with Crippen LogP contribution in [0.2, 0.25) is 0 Å². The molecule has 0 saturated carbocycles. The number of nitrogens with zero attached hydrogens (tertiary/aromatic N) is 3. The van der Waals surface area contributed by atoms with E-state index in [4.69, 9.17) is 23.9 Å². The van der Waals surface area contributed by atoms with Crippen molar-refractivity contribution in [2.75, 3.05) is 64.8 Å². The Balaban J connectivity index is 1.41. The average Bonchev–Trinajstić information content (AvgIpc) is 3.26. The minimum Gasteiger partial charge on any atom is -0.497 e. The van der Waals surface area contributed by atoms with E-state index < -0.39 is 0 Å². The van der Waals surface area contributed by atoms with Gasteiger partial charge in [0.05, 0.1) is 44.3 Å². The van der Waals surface area contributed by atoms with E-state index in [1.165, 1.54) is 0 Å². The number of thiazole rings is 1. The van der Waals surface area contributed by atoms with Crippen LogP contribution in [0.1, 0.15) is 0 Å². The topological polar surface area (TPSA) is 85.4 Å². The number of fused-ring (bicyclic) bond motifs is 1. The van der Waals surface area contributed by atoms with Gasteiger partial charge < -0.3 is 34.1 Å². The van der Waals surface area contributed by atoms with Crippen molar-refractivity contribution in [3.63, 3.8) is 0 Å². The van der Waals surface area contributed by atoms with E-state index in [1.54, 1.807) is 56.8 Å². The van der Waals surface area contributed by atoms with Crippen LogP contribution in [0, 0.1) is 0 Å². The Kier molecular flexibility index (Phi) is 6.40. The molecule has 1 aliphatic rings. The Hall–Kier alpha value is -3.40. The van der Waals surface area contributed by atoms with E-state index in [2.05, 4.69) is 10.2 Å². The van der Waals surface area contributed by atoms with Crippen LogP contribution in [0.25, 0.3) is 10.2 Å². The fourth-order valence-electron chi connectivity index (χ4n) is 3.61. The molecule has 0 aliphatic carbocycles. The molecule has 1 N–H and O–H groups in total. The summed E-state index contributed by atoms with van der Waals surface area (Å²) >= 11 is 1.63.